The highest BCUT2D eigenvalue weighted by Gasteiger charge is 2.15. The van der Waals surface area contributed by atoms with Gasteiger partial charge in [-0.3, -0.25) is 4.79 Å². The molecular formula is C17H17F2NO3. The highest BCUT2D eigenvalue weighted by atomic mass is 19.3. The molecule has 0 aliphatic carbocycles. The van der Waals surface area contributed by atoms with Gasteiger partial charge in [0.25, 0.3) is 5.91 Å². The van der Waals surface area contributed by atoms with Gasteiger partial charge in [-0.1, -0.05) is 18.2 Å². The van der Waals surface area contributed by atoms with Gasteiger partial charge in [0.15, 0.2) is 0 Å². The molecule has 0 radical (unpaired) electrons. The molecule has 4 nitrogen and oxygen atoms in total. The van der Waals surface area contributed by atoms with Crippen molar-refractivity contribution in [2.75, 3.05) is 7.11 Å². The Morgan fingerprint density at radius 2 is 1.74 bits per heavy atom. The fourth-order valence-corrected chi connectivity index (χ4v) is 2.17. The molecule has 0 aliphatic rings. The zero-order valence-electron chi connectivity index (χ0n) is 12.8. The first-order valence-electron chi connectivity index (χ1n) is 7.00. The number of carbonyl (C=O) groups excluding carboxylic acids is 1. The molecule has 0 saturated heterocycles. The standard InChI is InChI=1S/C17H17F2NO3/c1-11(14-5-3-4-6-15(14)22-2)20-16(21)12-7-9-13(10-8-12)23-17(18)19/h3-11,17H,1-2H3,(H,20,21)/t11-/m0/s1. The van der Waals surface area contributed by atoms with Gasteiger partial charge < -0.3 is 14.8 Å². The summed E-state index contributed by atoms with van der Waals surface area (Å²) < 4.78 is 33.7. The molecule has 0 saturated carbocycles. The molecule has 23 heavy (non-hydrogen) atoms. The van der Waals surface area contributed by atoms with E-state index in [0.717, 1.165) is 5.56 Å². The van der Waals surface area contributed by atoms with Crippen molar-refractivity contribution in [1.82, 2.24) is 5.32 Å². The average Bonchev–Trinajstić information content (AvgIpc) is 2.54. The molecule has 2 aromatic rings. The Morgan fingerprint density at radius 1 is 1.09 bits per heavy atom. The van der Waals surface area contributed by atoms with E-state index >= 15 is 0 Å². The van der Waals surface area contributed by atoms with Crippen LogP contribution in [0.1, 0.15) is 28.9 Å². The first-order valence-corrected chi connectivity index (χ1v) is 7.00. The topological polar surface area (TPSA) is 47.6 Å². The van der Waals surface area contributed by atoms with Crippen molar-refractivity contribution in [3.05, 3.63) is 59.7 Å². The third-order valence-corrected chi connectivity index (χ3v) is 3.29. The van der Waals surface area contributed by atoms with Gasteiger partial charge in [-0.2, -0.15) is 8.78 Å². The number of ether oxygens (including phenoxy) is 2. The highest BCUT2D eigenvalue weighted by Crippen LogP contribution is 2.24. The summed E-state index contributed by atoms with van der Waals surface area (Å²) in [5.41, 5.74) is 1.20. The van der Waals surface area contributed by atoms with Crippen LogP contribution in [0.15, 0.2) is 48.5 Å². The van der Waals surface area contributed by atoms with Gasteiger partial charge in [-0.15, -0.1) is 0 Å². The number of hydrogen-bond donors (Lipinski definition) is 1. The molecule has 6 heteroatoms. The summed E-state index contributed by atoms with van der Waals surface area (Å²) in [6.45, 7) is -1.05. The lowest BCUT2D eigenvalue weighted by Gasteiger charge is -2.17. The minimum absolute atomic E-state index is 0.00864. The second-order valence-corrected chi connectivity index (χ2v) is 4.84. The first-order chi connectivity index (χ1) is 11.0. The van der Waals surface area contributed by atoms with Crippen molar-refractivity contribution >= 4 is 5.91 Å². The smallest absolute Gasteiger partial charge is 0.387 e. The van der Waals surface area contributed by atoms with Crippen molar-refractivity contribution in [3.63, 3.8) is 0 Å². The molecule has 1 atom stereocenters. The predicted octanol–water partition coefficient (Wildman–Crippen LogP) is 3.79. The number of benzene rings is 2. The van der Waals surface area contributed by atoms with Gasteiger partial charge in [0.1, 0.15) is 11.5 Å². The van der Waals surface area contributed by atoms with Gasteiger partial charge in [0.05, 0.1) is 13.2 Å². The van der Waals surface area contributed by atoms with Crippen LogP contribution >= 0.6 is 0 Å². The van der Waals surface area contributed by atoms with E-state index in [0.29, 0.717) is 11.3 Å². The zero-order chi connectivity index (χ0) is 16.8. The third-order valence-electron chi connectivity index (χ3n) is 3.29. The number of rotatable bonds is 6. The monoisotopic (exact) mass is 321 g/mol. The van der Waals surface area contributed by atoms with Crippen molar-refractivity contribution in [1.29, 1.82) is 0 Å². The quantitative estimate of drug-likeness (QED) is 0.880. The Bertz CT molecular complexity index is 659. The number of amides is 1. The molecule has 0 bridgehead atoms. The van der Waals surface area contributed by atoms with E-state index in [9.17, 15) is 13.6 Å². The van der Waals surface area contributed by atoms with Crippen molar-refractivity contribution in [3.8, 4) is 11.5 Å². The Hall–Kier alpha value is -2.63. The molecule has 1 amide bonds. The van der Waals surface area contributed by atoms with Crippen LogP contribution in [-0.2, 0) is 0 Å². The summed E-state index contributed by atoms with van der Waals surface area (Å²) >= 11 is 0. The molecule has 0 spiro atoms. The van der Waals surface area contributed by atoms with E-state index in [1.54, 1.807) is 7.11 Å². The zero-order valence-corrected chi connectivity index (χ0v) is 12.8. The highest BCUT2D eigenvalue weighted by molar-refractivity contribution is 5.94. The van der Waals surface area contributed by atoms with E-state index in [4.69, 9.17) is 4.74 Å². The minimum Gasteiger partial charge on any atom is -0.496 e. The van der Waals surface area contributed by atoms with Crippen LogP contribution in [0.25, 0.3) is 0 Å². The van der Waals surface area contributed by atoms with E-state index < -0.39 is 6.61 Å². The number of nitrogens with one attached hydrogen (secondary N) is 1. The van der Waals surface area contributed by atoms with Crippen LogP contribution < -0.4 is 14.8 Å². The van der Waals surface area contributed by atoms with Crippen LogP contribution in [0, 0.1) is 0 Å². The molecule has 0 fully saturated rings. The maximum absolute atomic E-state index is 12.2. The SMILES string of the molecule is COc1ccccc1[C@H](C)NC(=O)c1ccc(OC(F)F)cc1. The van der Waals surface area contributed by atoms with Crippen molar-refractivity contribution in [2.45, 2.75) is 19.6 Å². The van der Waals surface area contributed by atoms with E-state index in [-0.39, 0.29) is 17.7 Å². The van der Waals surface area contributed by atoms with Gasteiger partial charge >= 0.3 is 6.61 Å². The predicted molar refractivity (Wildman–Crippen MR) is 81.9 cm³/mol. The van der Waals surface area contributed by atoms with Crippen LogP contribution in [0.5, 0.6) is 11.5 Å². The lowest BCUT2D eigenvalue weighted by molar-refractivity contribution is -0.0498. The van der Waals surface area contributed by atoms with Gasteiger partial charge in [0.2, 0.25) is 0 Å². The lowest BCUT2D eigenvalue weighted by Crippen LogP contribution is -2.26. The third kappa shape index (κ3) is 4.42. The fraction of sp³-hybridized carbons (Fsp3) is 0.235. The van der Waals surface area contributed by atoms with Crippen molar-refractivity contribution in [2.24, 2.45) is 0 Å². The summed E-state index contributed by atoms with van der Waals surface area (Å²) in [5, 5.41) is 2.84. The average molecular weight is 321 g/mol. The number of hydrogen-bond acceptors (Lipinski definition) is 3. The van der Waals surface area contributed by atoms with Crippen LogP contribution in [-0.4, -0.2) is 19.6 Å². The summed E-state index contributed by atoms with van der Waals surface area (Å²) in [6, 6.07) is 12.6. The largest absolute Gasteiger partial charge is 0.496 e. The summed E-state index contributed by atoms with van der Waals surface area (Å²) in [7, 11) is 1.56. The molecule has 0 aromatic heterocycles. The molecule has 122 valence electrons. The normalized spacial score (nSPS) is 11.9. The molecule has 0 heterocycles. The Labute approximate surface area is 133 Å². The molecule has 1 N–H and O–H groups in total. The van der Waals surface area contributed by atoms with E-state index in [2.05, 4.69) is 10.1 Å². The number of halogens is 2. The second-order valence-electron chi connectivity index (χ2n) is 4.84. The molecule has 0 unspecified atom stereocenters. The number of methoxy groups -OCH3 is 1. The van der Waals surface area contributed by atoms with Crippen molar-refractivity contribution < 1.29 is 23.0 Å². The van der Waals surface area contributed by atoms with Crippen LogP contribution in [0.3, 0.4) is 0 Å². The number of carbonyl (C=O) groups is 1. The molecule has 2 aromatic carbocycles. The lowest BCUT2D eigenvalue weighted by atomic mass is 10.1. The molecule has 2 rings (SSSR count). The molecular weight excluding hydrogens is 304 g/mol. The summed E-state index contributed by atoms with van der Waals surface area (Å²) in [4.78, 5) is 12.2. The summed E-state index contributed by atoms with van der Waals surface area (Å²) in [6.07, 6.45) is 0. The maximum atomic E-state index is 12.2. The Morgan fingerprint density at radius 3 is 2.35 bits per heavy atom. The van der Waals surface area contributed by atoms with E-state index in [1.165, 1.54) is 24.3 Å². The summed E-state index contributed by atoms with van der Waals surface area (Å²) in [5.74, 6) is 0.377. The number of para-hydroxylation sites is 1. The van der Waals surface area contributed by atoms with Crippen LogP contribution in [0.2, 0.25) is 0 Å². The van der Waals surface area contributed by atoms with Crippen LogP contribution in [0.4, 0.5) is 8.78 Å². The van der Waals surface area contributed by atoms with E-state index in [1.807, 2.05) is 31.2 Å². The Kier molecular flexibility index (Phi) is 5.51. The second kappa shape index (κ2) is 7.58. The first kappa shape index (κ1) is 16.7. The van der Waals surface area contributed by atoms with Gasteiger partial charge in [-0.25, -0.2) is 0 Å². The Balaban J connectivity index is 2.06. The fourth-order valence-electron chi connectivity index (χ4n) is 2.17. The van der Waals surface area contributed by atoms with Gasteiger partial charge in [-0.05, 0) is 37.3 Å². The number of alkyl halides is 2. The molecule has 0 aliphatic heterocycles. The maximum Gasteiger partial charge on any atom is 0.387 e. The minimum atomic E-state index is -2.89. The van der Waals surface area contributed by atoms with Gasteiger partial charge in [0, 0.05) is 11.1 Å².